The van der Waals surface area contributed by atoms with Crippen LogP contribution in [-0.4, -0.2) is 33.0 Å². The number of amides is 2. The molecule has 3 rings (SSSR count). The summed E-state index contributed by atoms with van der Waals surface area (Å²) in [5.74, 6) is 0.104. The molecule has 1 aliphatic rings. The van der Waals surface area contributed by atoms with E-state index in [0.29, 0.717) is 13.0 Å². The Bertz CT molecular complexity index is 800. The number of benzene rings is 2. The Labute approximate surface area is 159 Å². The van der Waals surface area contributed by atoms with Crippen LogP contribution in [0.5, 0.6) is 5.75 Å². The standard InChI is InChI=1S/C21H25N3O3/c1-24(2)16-8-6-15(7-9-16)23-21(26)19-12-18(19)20(25)22-13-14-4-10-17(27-3)11-5-14/h4-11,18-19H,12-13H2,1-3H3,(H,22,25)(H,23,26). The van der Waals surface area contributed by atoms with E-state index < -0.39 is 0 Å². The van der Waals surface area contributed by atoms with Crippen molar-refractivity contribution in [2.45, 2.75) is 13.0 Å². The summed E-state index contributed by atoms with van der Waals surface area (Å²) in [4.78, 5) is 26.6. The van der Waals surface area contributed by atoms with Crippen LogP contribution in [0.15, 0.2) is 48.5 Å². The Morgan fingerprint density at radius 3 is 2.22 bits per heavy atom. The molecule has 0 heterocycles. The lowest BCUT2D eigenvalue weighted by atomic mass is 10.2. The predicted octanol–water partition coefficient (Wildman–Crippen LogP) is 2.65. The molecule has 6 heteroatoms. The van der Waals surface area contributed by atoms with Gasteiger partial charge in [-0.3, -0.25) is 9.59 Å². The second-order valence-electron chi connectivity index (χ2n) is 6.95. The van der Waals surface area contributed by atoms with Crippen LogP contribution in [0.1, 0.15) is 12.0 Å². The van der Waals surface area contributed by atoms with Crippen LogP contribution < -0.4 is 20.3 Å². The van der Waals surface area contributed by atoms with Crippen LogP contribution in [0.4, 0.5) is 11.4 Å². The first-order valence-electron chi connectivity index (χ1n) is 8.97. The second-order valence-corrected chi connectivity index (χ2v) is 6.95. The zero-order valence-corrected chi connectivity index (χ0v) is 15.9. The van der Waals surface area contributed by atoms with E-state index in [4.69, 9.17) is 4.74 Å². The Kier molecular flexibility index (Phi) is 5.64. The van der Waals surface area contributed by atoms with Gasteiger partial charge in [-0.25, -0.2) is 0 Å². The van der Waals surface area contributed by atoms with Gasteiger partial charge >= 0.3 is 0 Å². The van der Waals surface area contributed by atoms with Gasteiger partial charge in [0.15, 0.2) is 0 Å². The molecule has 2 aromatic carbocycles. The van der Waals surface area contributed by atoms with Crippen LogP contribution >= 0.6 is 0 Å². The summed E-state index contributed by atoms with van der Waals surface area (Å²) in [6, 6.07) is 15.2. The van der Waals surface area contributed by atoms with E-state index in [2.05, 4.69) is 10.6 Å². The number of hydrogen-bond donors (Lipinski definition) is 2. The molecule has 2 amide bonds. The molecule has 0 spiro atoms. The molecule has 2 unspecified atom stereocenters. The van der Waals surface area contributed by atoms with Crippen molar-refractivity contribution in [1.82, 2.24) is 5.32 Å². The summed E-state index contributed by atoms with van der Waals surface area (Å²) in [5.41, 5.74) is 2.80. The predicted molar refractivity (Wildman–Crippen MR) is 106 cm³/mol. The summed E-state index contributed by atoms with van der Waals surface area (Å²) in [6.45, 7) is 0.444. The Morgan fingerprint density at radius 2 is 1.63 bits per heavy atom. The third kappa shape index (κ3) is 4.78. The number of ether oxygens (including phenoxy) is 1. The summed E-state index contributed by atoms with van der Waals surface area (Å²) in [7, 11) is 5.55. The molecule has 2 N–H and O–H groups in total. The highest BCUT2D eigenvalue weighted by atomic mass is 16.5. The molecule has 1 saturated carbocycles. The molecule has 0 radical (unpaired) electrons. The third-order valence-corrected chi connectivity index (χ3v) is 4.74. The fourth-order valence-corrected chi connectivity index (χ4v) is 2.92. The number of anilines is 2. The SMILES string of the molecule is COc1ccc(CNC(=O)C2CC2C(=O)Nc2ccc(N(C)C)cc2)cc1. The molecule has 6 nitrogen and oxygen atoms in total. The minimum atomic E-state index is -0.255. The topological polar surface area (TPSA) is 70.7 Å². The molecule has 142 valence electrons. The Hall–Kier alpha value is -3.02. The van der Waals surface area contributed by atoms with Crippen LogP contribution in [-0.2, 0) is 16.1 Å². The maximum atomic E-state index is 12.3. The first-order valence-corrected chi connectivity index (χ1v) is 8.97. The lowest BCUT2D eigenvalue weighted by Crippen LogP contribution is -2.27. The first-order chi connectivity index (χ1) is 13.0. The zero-order chi connectivity index (χ0) is 19.4. The zero-order valence-electron chi connectivity index (χ0n) is 15.9. The Morgan fingerprint density at radius 1 is 1.00 bits per heavy atom. The molecule has 0 bridgehead atoms. The highest BCUT2D eigenvalue weighted by Gasteiger charge is 2.47. The lowest BCUT2D eigenvalue weighted by Gasteiger charge is -2.13. The van der Waals surface area contributed by atoms with Crippen molar-refractivity contribution in [2.24, 2.45) is 11.8 Å². The fraction of sp³-hybridized carbons (Fsp3) is 0.333. The molecule has 2 atom stereocenters. The van der Waals surface area contributed by atoms with Crippen molar-refractivity contribution in [1.29, 1.82) is 0 Å². The van der Waals surface area contributed by atoms with Gasteiger partial charge in [-0.2, -0.15) is 0 Å². The molecule has 0 aliphatic heterocycles. The van der Waals surface area contributed by atoms with Crippen LogP contribution in [0.2, 0.25) is 0 Å². The highest BCUT2D eigenvalue weighted by molar-refractivity contribution is 5.99. The first kappa shape index (κ1) is 18.8. The summed E-state index contributed by atoms with van der Waals surface area (Å²) >= 11 is 0. The van der Waals surface area contributed by atoms with Gasteiger partial charge in [0.1, 0.15) is 5.75 Å². The van der Waals surface area contributed by atoms with Gasteiger partial charge in [0, 0.05) is 32.0 Å². The maximum Gasteiger partial charge on any atom is 0.228 e. The minimum absolute atomic E-state index is 0.0751. The van der Waals surface area contributed by atoms with Gasteiger partial charge in [0.25, 0.3) is 0 Å². The van der Waals surface area contributed by atoms with E-state index in [9.17, 15) is 9.59 Å². The van der Waals surface area contributed by atoms with Crippen molar-refractivity contribution in [3.8, 4) is 5.75 Å². The van der Waals surface area contributed by atoms with Gasteiger partial charge in [-0.15, -0.1) is 0 Å². The lowest BCUT2D eigenvalue weighted by molar-refractivity contribution is -0.125. The number of carbonyl (C=O) groups is 2. The normalized spacial score (nSPS) is 17.7. The summed E-state index contributed by atoms with van der Waals surface area (Å²) in [5, 5.41) is 5.79. The molecule has 1 fully saturated rings. The number of rotatable bonds is 7. The van der Waals surface area contributed by atoms with Crippen LogP contribution in [0.3, 0.4) is 0 Å². The summed E-state index contributed by atoms with van der Waals surface area (Å²) < 4.78 is 5.12. The molecule has 0 saturated heterocycles. The second kappa shape index (κ2) is 8.12. The number of hydrogen-bond acceptors (Lipinski definition) is 4. The number of carbonyl (C=O) groups excluding carboxylic acids is 2. The van der Waals surface area contributed by atoms with E-state index in [1.807, 2.05) is 67.5 Å². The molecule has 2 aromatic rings. The van der Waals surface area contributed by atoms with Crippen molar-refractivity contribution >= 4 is 23.2 Å². The van der Waals surface area contributed by atoms with E-state index >= 15 is 0 Å². The van der Waals surface area contributed by atoms with Crippen molar-refractivity contribution in [2.75, 3.05) is 31.4 Å². The van der Waals surface area contributed by atoms with E-state index in [1.165, 1.54) is 0 Å². The van der Waals surface area contributed by atoms with Gasteiger partial charge in [0.2, 0.25) is 11.8 Å². The number of nitrogens with zero attached hydrogens (tertiary/aromatic N) is 1. The smallest absolute Gasteiger partial charge is 0.228 e. The van der Waals surface area contributed by atoms with Crippen molar-refractivity contribution in [3.63, 3.8) is 0 Å². The largest absolute Gasteiger partial charge is 0.497 e. The van der Waals surface area contributed by atoms with E-state index in [-0.39, 0.29) is 23.7 Å². The van der Waals surface area contributed by atoms with Crippen molar-refractivity contribution < 1.29 is 14.3 Å². The summed E-state index contributed by atoms with van der Waals surface area (Å²) in [6.07, 6.45) is 0.593. The fourth-order valence-electron chi connectivity index (χ4n) is 2.92. The monoisotopic (exact) mass is 367 g/mol. The number of methoxy groups -OCH3 is 1. The van der Waals surface area contributed by atoms with Gasteiger partial charge in [-0.05, 0) is 48.4 Å². The molecule has 27 heavy (non-hydrogen) atoms. The van der Waals surface area contributed by atoms with E-state index in [1.54, 1.807) is 7.11 Å². The minimum Gasteiger partial charge on any atom is -0.497 e. The average Bonchev–Trinajstić information content (AvgIpc) is 3.48. The van der Waals surface area contributed by atoms with Gasteiger partial charge in [0.05, 0.1) is 18.9 Å². The van der Waals surface area contributed by atoms with Crippen molar-refractivity contribution in [3.05, 3.63) is 54.1 Å². The van der Waals surface area contributed by atoms with E-state index in [0.717, 1.165) is 22.7 Å². The van der Waals surface area contributed by atoms with Crippen LogP contribution in [0.25, 0.3) is 0 Å². The maximum absolute atomic E-state index is 12.3. The molecule has 1 aliphatic carbocycles. The quantitative estimate of drug-likeness (QED) is 0.789. The molecular weight excluding hydrogens is 342 g/mol. The number of nitrogens with one attached hydrogen (secondary N) is 2. The third-order valence-electron chi connectivity index (χ3n) is 4.74. The van der Waals surface area contributed by atoms with Gasteiger partial charge < -0.3 is 20.3 Å². The molecular formula is C21H25N3O3. The Balaban J connectivity index is 1.46. The molecule has 0 aromatic heterocycles. The average molecular weight is 367 g/mol. The van der Waals surface area contributed by atoms with Gasteiger partial charge in [-0.1, -0.05) is 12.1 Å². The van der Waals surface area contributed by atoms with Crippen LogP contribution in [0, 0.1) is 11.8 Å². The highest BCUT2D eigenvalue weighted by Crippen LogP contribution is 2.39.